The Bertz CT molecular complexity index is 1510. The van der Waals surface area contributed by atoms with Crippen LogP contribution in [0, 0.1) is 0 Å². The summed E-state index contributed by atoms with van der Waals surface area (Å²) in [6, 6.07) is 24.3. The van der Waals surface area contributed by atoms with Crippen LogP contribution in [-0.4, -0.2) is 43.8 Å². The topological polar surface area (TPSA) is 115 Å². The van der Waals surface area contributed by atoms with E-state index in [9.17, 15) is 14.4 Å². The van der Waals surface area contributed by atoms with Gasteiger partial charge in [0, 0.05) is 11.1 Å². The van der Waals surface area contributed by atoms with Crippen LogP contribution in [0.5, 0.6) is 17.2 Å². The second-order valence-electron chi connectivity index (χ2n) is 8.48. The summed E-state index contributed by atoms with van der Waals surface area (Å²) in [5, 5.41) is 8.28. The maximum Gasteiger partial charge on any atom is 0.343 e. The molecule has 0 spiro atoms. The SMILES string of the molecule is CCOc1ccc(C(=O)NCC(=O)NN=Cc2c(OC(=O)c3ccc(OCC)cc3)ccc3ccccc23)cc1. The summed E-state index contributed by atoms with van der Waals surface area (Å²) in [6.45, 7) is 4.52. The summed E-state index contributed by atoms with van der Waals surface area (Å²) in [6.07, 6.45) is 1.41. The van der Waals surface area contributed by atoms with Gasteiger partial charge in [0.1, 0.15) is 17.2 Å². The van der Waals surface area contributed by atoms with Crippen LogP contribution in [0.3, 0.4) is 0 Å². The Kier molecular flexibility index (Phi) is 9.44. The van der Waals surface area contributed by atoms with Gasteiger partial charge in [-0.1, -0.05) is 30.3 Å². The lowest BCUT2D eigenvalue weighted by Crippen LogP contribution is -2.34. The molecule has 0 aliphatic heterocycles. The number of nitrogens with one attached hydrogen (secondary N) is 2. The van der Waals surface area contributed by atoms with Crippen LogP contribution in [0.2, 0.25) is 0 Å². The Labute approximate surface area is 231 Å². The van der Waals surface area contributed by atoms with E-state index < -0.39 is 17.8 Å². The zero-order valence-corrected chi connectivity index (χ0v) is 22.2. The smallest absolute Gasteiger partial charge is 0.343 e. The maximum absolute atomic E-state index is 12.8. The van der Waals surface area contributed by atoms with Crippen LogP contribution >= 0.6 is 0 Å². The molecule has 0 aliphatic rings. The number of hydrogen-bond acceptors (Lipinski definition) is 7. The molecule has 0 saturated carbocycles. The molecule has 0 radical (unpaired) electrons. The van der Waals surface area contributed by atoms with Crippen molar-refractivity contribution in [2.24, 2.45) is 5.10 Å². The largest absolute Gasteiger partial charge is 0.494 e. The summed E-state index contributed by atoms with van der Waals surface area (Å²) in [5.41, 5.74) is 3.67. The highest BCUT2D eigenvalue weighted by atomic mass is 16.5. The van der Waals surface area contributed by atoms with Gasteiger partial charge in [0.25, 0.3) is 11.8 Å². The van der Waals surface area contributed by atoms with Gasteiger partial charge >= 0.3 is 5.97 Å². The molecule has 4 aromatic rings. The van der Waals surface area contributed by atoms with Crippen LogP contribution in [0.4, 0.5) is 0 Å². The van der Waals surface area contributed by atoms with E-state index in [0.29, 0.717) is 41.4 Å². The number of amides is 2. The normalized spacial score (nSPS) is 10.8. The number of carbonyl (C=O) groups is 3. The predicted octanol–water partition coefficient (Wildman–Crippen LogP) is 4.74. The molecule has 0 heterocycles. The van der Waals surface area contributed by atoms with Crippen molar-refractivity contribution in [2.45, 2.75) is 13.8 Å². The molecule has 0 saturated heterocycles. The molecule has 204 valence electrons. The first kappa shape index (κ1) is 27.8. The molecule has 4 rings (SSSR count). The number of ether oxygens (including phenoxy) is 3. The highest BCUT2D eigenvalue weighted by Crippen LogP contribution is 2.27. The van der Waals surface area contributed by atoms with Gasteiger partial charge in [0.2, 0.25) is 0 Å². The number of carbonyl (C=O) groups excluding carboxylic acids is 3. The maximum atomic E-state index is 12.8. The van der Waals surface area contributed by atoms with Crippen LogP contribution in [0.15, 0.2) is 90.0 Å². The van der Waals surface area contributed by atoms with Crippen LogP contribution in [-0.2, 0) is 4.79 Å². The fourth-order valence-electron chi connectivity index (χ4n) is 3.85. The van der Waals surface area contributed by atoms with Gasteiger partial charge in [0.05, 0.1) is 31.5 Å². The number of hydrazone groups is 1. The third kappa shape index (κ3) is 7.22. The quantitative estimate of drug-likeness (QED) is 0.123. The molecule has 0 aromatic heterocycles. The molecule has 0 bridgehead atoms. The van der Waals surface area contributed by atoms with Crippen molar-refractivity contribution in [1.82, 2.24) is 10.7 Å². The lowest BCUT2D eigenvalue weighted by atomic mass is 10.0. The fraction of sp³-hybridized carbons (Fsp3) is 0.161. The highest BCUT2D eigenvalue weighted by molar-refractivity contribution is 6.04. The van der Waals surface area contributed by atoms with Gasteiger partial charge in [-0.15, -0.1) is 0 Å². The minimum Gasteiger partial charge on any atom is -0.494 e. The molecule has 0 unspecified atom stereocenters. The predicted molar refractivity (Wildman–Crippen MR) is 152 cm³/mol. The summed E-state index contributed by atoms with van der Waals surface area (Å²) in [7, 11) is 0. The molecule has 2 N–H and O–H groups in total. The third-order valence-electron chi connectivity index (χ3n) is 5.75. The summed E-state index contributed by atoms with van der Waals surface area (Å²) in [5.74, 6) is 0.116. The van der Waals surface area contributed by atoms with Crippen LogP contribution < -0.4 is 25.0 Å². The average molecular weight is 540 g/mol. The Hall–Kier alpha value is -5.18. The zero-order valence-electron chi connectivity index (χ0n) is 22.2. The minimum atomic E-state index is -0.547. The summed E-state index contributed by atoms with van der Waals surface area (Å²) < 4.78 is 16.5. The second kappa shape index (κ2) is 13.6. The van der Waals surface area contributed by atoms with E-state index in [-0.39, 0.29) is 12.3 Å². The average Bonchev–Trinajstić information content (AvgIpc) is 2.98. The number of fused-ring (bicyclic) bond motifs is 1. The van der Waals surface area contributed by atoms with Gasteiger partial charge in [-0.25, -0.2) is 10.2 Å². The first-order valence-electron chi connectivity index (χ1n) is 12.8. The molecule has 9 heteroatoms. The van der Waals surface area contributed by atoms with Crippen LogP contribution in [0.25, 0.3) is 10.8 Å². The zero-order chi connectivity index (χ0) is 28.3. The third-order valence-corrected chi connectivity index (χ3v) is 5.75. The lowest BCUT2D eigenvalue weighted by molar-refractivity contribution is -0.120. The molecule has 2 amide bonds. The molecule has 9 nitrogen and oxygen atoms in total. The van der Waals surface area contributed by atoms with Crippen molar-refractivity contribution in [1.29, 1.82) is 0 Å². The van der Waals surface area contributed by atoms with E-state index >= 15 is 0 Å². The fourth-order valence-corrected chi connectivity index (χ4v) is 3.85. The lowest BCUT2D eigenvalue weighted by Gasteiger charge is -2.11. The Morgan fingerprint density at radius 2 is 1.40 bits per heavy atom. The van der Waals surface area contributed by atoms with Gasteiger partial charge in [-0.3, -0.25) is 9.59 Å². The number of nitrogens with zero attached hydrogens (tertiary/aromatic N) is 1. The van der Waals surface area contributed by atoms with Crippen molar-refractivity contribution in [3.8, 4) is 17.2 Å². The Morgan fingerprint density at radius 1 is 0.775 bits per heavy atom. The van der Waals surface area contributed by atoms with Crippen molar-refractivity contribution in [3.05, 3.63) is 102 Å². The minimum absolute atomic E-state index is 0.277. The standard InChI is InChI=1S/C31H29N3O6/c1-3-38-24-14-9-22(10-15-24)30(36)32-20-29(35)34-33-19-27-26-8-6-5-7-21(26)13-18-28(27)40-31(37)23-11-16-25(17-12-23)39-4-2/h5-19H,3-4,20H2,1-2H3,(H,32,36)(H,34,35). The van der Waals surface area contributed by atoms with Crippen molar-refractivity contribution < 1.29 is 28.6 Å². The molecule has 4 aromatic carbocycles. The molecule has 0 aliphatic carbocycles. The molecular formula is C31H29N3O6. The first-order valence-corrected chi connectivity index (χ1v) is 12.8. The van der Waals surface area contributed by atoms with E-state index in [0.717, 1.165) is 10.8 Å². The Balaban J connectivity index is 1.42. The number of benzene rings is 4. The van der Waals surface area contributed by atoms with Gasteiger partial charge in [-0.05, 0) is 79.2 Å². The van der Waals surface area contributed by atoms with Gasteiger partial charge in [-0.2, -0.15) is 5.10 Å². The number of esters is 1. The van der Waals surface area contributed by atoms with Crippen molar-refractivity contribution in [2.75, 3.05) is 19.8 Å². The van der Waals surface area contributed by atoms with E-state index in [1.165, 1.54) is 6.21 Å². The molecule has 0 fully saturated rings. The van der Waals surface area contributed by atoms with Crippen molar-refractivity contribution >= 4 is 34.8 Å². The molecule has 0 atom stereocenters. The number of rotatable bonds is 11. The van der Waals surface area contributed by atoms with Crippen molar-refractivity contribution in [3.63, 3.8) is 0 Å². The van der Waals surface area contributed by atoms with Gasteiger partial charge < -0.3 is 19.5 Å². The number of hydrogen-bond donors (Lipinski definition) is 2. The van der Waals surface area contributed by atoms with Crippen LogP contribution in [0.1, 0.15) is 40.1 Å². The highest BCUT2D eigenvalue weighted by Gasteiger charge is 2.14. The van der Waals surface area contributed by atoms with Gasteiger partial charge in [0.15, 0.2) is 0 Å². The van der Waals surface area contributed by atoms with E-state index in [4.69, 9.17) is 14.2 Å². The molecule has 40 heavy (non-hydrogen) atoms. The summed E-state index contributed by atoms with van der Waals surface area (Å²) >= 11 is 0. The second-order valence-corrected chi connectivity index (χ2v) is 8.48. The first-order chi connectivity index (χ1) is 19.5. The van der Waals surface area contributed by atoms with E-state index in [2.05, 4.69) is 15.8 Å². The molecular weight excluding hydrogens is 510 g/mol. The Morgan fingerprint density at radius 3 is 2.05 bits per heavy atom. The monoisotopic (exact) mass is 539 g/mol. The van der Waals surface area contributed by atoms with E-state index in [1.807, 2.05) is 44.2 Å². The van der Waals surface area contributed by atoms with E-state index in [1.54, 1.807) is 54.6 Å². The summed E-state index contributed by atoms with van der Waals surface area (Å²) in [4.78, 5) is 37.5.